The van der Waals surface area contributed by atoms with E-state index in [1.807, 2.05) is 49.2 Å². The van der Waals surface area contributed by atoms with Gasteiger partial charge in [0.2, 0.25) is 0 Å². The minimum atomic E-state index is 0.487. The lowest BCUT2D eigenvalue weighted by Gasteiger charge is -2.15. The van der Waals surface area contributed by atoms with E-state index in [4.69, 9.17) is 9.47 Å². The van der Waals surface area contributed by atoms with Crippen LogP contribution in [0.25, 0.3) is 0 Å². The maximum atomic E-state index is 6.00. The summed E-state index contributed by atoms with van der Waals surface area (Å²) in [4.78, 5) is 0. The van der Waals surface area contributed by atoms with E-state index in [-0.39, 0.29) is 0 Å². The first-order valence-corrected chi connectivity index (χ1v) is 7.31. The number of nitrogens with zero attached hydrogens (tertiary/aromatic N) is 2. The lowest BCUT2D eigenvalue weighted by atomic mass is 10.2. The molecule has 0 aliphatic rings. The van der Waals surface area contributed by atoms with Gasteiger partial charge in [-0.3, -0.25) is 4.68 Å². The average molecular weight is 289 g/mol. The van der Waals surface area contributed by atoms with E-state index in [0.29, 0.717) is 13.2 Å². The molecule has 0 aliphatic heterocycles. The molecule has 21 heavy (non-hydrogen) atoms. The molecule has 1 N–H and O–H groups in total. The van der Waals surface area contributed by atoms with Crippen LogP contribution in [0.1, 0.15) is 25.0 Å². The predicted octanol–water partition coefficient (Wildman–Crippen LogP) is 2.60. The van der Waals surface area contributed by atoms with Crippen molar-refractivity contribution in [3.63, 3.8) is 0 Å². The van der Waals surface area contributed by atoms with Crippen molar-refractivity contribution in [3.8, 4) is 11.5 Å². The van der Waals surface area contributed by atoms with Crippen LogP contribution in [0.15, 0.2) is 30.6 Å². The smallest absolute Gasteiger partial charge is 0.166 e. The Morgan fingerprint density at radius 3 is 2.76 bits per heavy atom. The molecule has 0 unspecified atom stereocenters. The van der Waals surface area contributed by atoms with Crippen LogP contribution in [0.4, 0.5) is 0 Å². The normalized spacial score (nSPS) is 10.6. The van der Waals surface area contributed by atoms with Crippen LogP contribution in [-0.2, 0) is 19.7 Å². The Morgan fingerprint density at radius 1 is 1.24 bits per heavy atom. The summed E-state index contributed by atoms with van der Waals surface area (Å²) in [5, 5.41) is 7.41. The van der Waals surface area contributed by atoms with E-state index in [1.54, 1.807) is 0 Å². The molecule has 5 nitrogen and oxygen atoms in total. The highest BCUT2D eigenvalue weighted by Gasteiger charge is 2.11. The summed E-state index contributed by atoms with van der Waals surface area (Å²) in [6.45, 7) is 6.74. The Bertz CT molecular complexity index is 542. The first-order valence-electron chi connectivity index (χ1n) is 7.31. The van der Waals surface area contributed by atoms with Gasteiger partial charge in [0, 0.05) is 30.4 Å². The van der Waals surface area contributed by atoms with Crippen molar-refractivity contribution in [2.24, 2.45) is 0 Å². The van der Waals surface area contributed by atoms with Crippen molar-refractivity contribution < 1.29 is 9.47 Å². The second-order valence-corrected chi connectivity index (χ2v) is 4.70. The van der Waals surface area contributed by atoms with Crippen LogP contribution >= 0.6 is 0 Å². The predicted molar refractivity (Wildman–Crippen MR) is 82.6 cm³/mol. The summed E-state index contributed by atoms with van der Waals surface area (Å²) >= 11 is 0. The van der Waals surface area contributed by atoms with Crippen LogP contribution < -0.4 is 14.8 Å². The van der Waals surface area contributed by atoms with Crippen molar-refractivity contribution in [2.45, 2.75) is 33.5 Å². The van der Waals surface area contributed by atoms with E-state index in [9.17, 15) is 0 Å². The van der Waals surface area contributed by atoms with Gasteiger partial charge >= 0.3 is 0 Å². The molecule has 0 saturated carbocycles. The quantitative estimate of drug-likeness (QED) is 0.811. The molecule has 114 valence electrons. The van der Waals surface area contributed by atoms with Gasteiger partial charge in [-0.05, 0) is 27.0 Å². The fraction of sp³-hybridized carbons (Fsp3) is 0.438. The molecule has 1 aromatic heterocycles. The number of nitrogens with one attached hydrogen (secondary N) is 1. The zero-order valence-corrected chi connectivity index (χ0v) is 12.9. The van der Waals surface area contributed by atoms with Crippen molar-refractivity contribution in [2.75, 3.05) is 13.7 Å². The molecule has 1 aromatic carbocycles. The molecule has 0 fully saturated rings. The van der Waals surface area contributed by atoms with Crippen LogP contribution in [0.3, 0.4) is 0 Å². The number of aromatic nitrogens is 2. The topological polar surface area (TPSA) is 48.3 Å². The van der Waals surface area contributed by atoms with Gasteiger partial charge in [-0.1, -0.05) is 12.1 Å². The Hall–Kier alpha value is -2.01. The molecule has 2 aromatic rings. The van der Waals surface area contributed by atoms with E-state index >= 15 is 0 Å². The second kappa shape index (κ2) is 7.69. The molecular formula is C16H23N3O2. The fourth-order valence-electron chi connectivity index (χ4n) is 2.13. The van der Waals surface area contributed by atoms with Crippen LogP contribution in [-0.4, -0.2) is 23.4 Å². The molecule has 2 rings (SSSR count). The van der Waals surface area contributed by atoms with E-state index in [1.165, 1.54) is 0 Å². The van der Waals surface area contributed by atoms with Crippen LogP contribution in [0.5, 0.6) is 11.5 Å². The Labute approximate surface area is 125 Å². The monoisotopic (exact) mass is 289 g/mol. The van der Waals surface area contributed by atoms with Crippen molar-refractivity contribution in [1.82, 2.24) is 15.1 Å². The molecule has 0 radical (unpaired) electrons. The first kappa shape index (κ1) is 15.4. The fourth-order valence-corrected chi connectivity index (χ4v) is 2.13. The SMILES string of the molecule is CCOc1cccc(CNC)c1OCc1cnn(CC)c1. The highest BCUT2D eigenvalue weighted by molar-refractivity contribution is 5.46. The highest BCUT2D eigenvalue weighted by atomic mass is 16.5. The van der Waals surface area contributed by atoms with Gasteiger partial charge < -0.3 is 14.8 Å². The maximum absolute atomic E-state index is 6.00. The van der Waals surface area contributed by atoms with E-state index < -0.39 is 0 Å². The minimum Gasteiger partial charge on any atom is -0.490 e. The summed E-state index contributed by atoms with van der Waals surface area (Å²) in [6, 6.07) is 5.97. The number of hydrogen-bond acceptors (Lipinski definition) is 4. The number of ether oxygens (including phenoxy) is 2. The van der Waals surface area contributed by atoms with Crippen LogP contribution in [0, 0.1) is 0 Å². The van der Waals surface area contributed by atoms with Gasteiger partial charge in [0.15, 0.2) is 11.5 Å². The third-order valence-corrected chi connectivity index (χ3v) is 3.12. The number of aryl methyl sites for hydroxylation is 1. The second-order valence-electron chi connectivity index (χ2n) is 4.70. The lowest BCUT2D eigenvalue weighted by Crippen LogP contribution is -2.09. The third kappa shape index (κ3) is 3.98. The van der Waals surface area contributed by atoms with Crippen molar-refractivity contribution in [1.29, 1.82) is 0 Å². The van der Waals surface area contributed by atoms with Gasteiger partial charge in [-0.2, -0.15) is 5.10 Å². The number of benzene rings is 1. The van der Waals surface area contributed by atoms with E-state index in [0.717, 1.165) is 35.7 Å². The zero-order valence-electron chi connectivity index (χ0n) is 12.9. The highest BCUT2D eigenvalue weighted by Crippen LogP contribution is 2.32. The Kier molecular flexibility index (Phi) is 5.63. The van der Waals surface area contributed by atoms with Crippen molar-refractivity contribution in [3.05, 3.63) is 41.7 Å². The summed E-state index contributed by atoms with van der Waals surface area (Å²) in [5.41, 5.74) is 2.14. The molecule has 0 spiro atoms. The van der Waals surface area contributed by atoms with Crippen molar-refractivity contribution >= 4 is 0 Å². The average Bonchev–Trinajstić information content (AvgIpc) is 2.95. The van der Waals surface area contributed by atoms with Gasteiger partial charge in [0.25, 0.3) is 0 Å². The summed E-state index contributed by atoms with van der Waals surface area (Å²) in [5.74, 6) is 1.59. The Balaban J connectivity index is 2.15. The molecule has 1 heterocycles. The largest absolute Gasteiger partial charge is 0.490 e. The number of para-hydroxylation sites is 1. The summed E-state index contributed by atoms with van der Waals surface area (Å²) in [7, 11) is 1.92. The molecule has 0 aliphatic carbocycles. The Morgan fingerprint density at radius 2 is 2.10 bits per heavy atom. The van der Waals surface area contributed by atoms with E-state index in [2.05, 4.69) is 17.3 Å². The maximum Gasteiger partial charge on any atom is 0.166 e. The molecule has 5 heteroatoms. The van der Waals surface area contributed by atoms with Gasteiger partial charge in [0.05, 0.1) is 12.8 Å². The molecular weight excluding hydrogens is 266 g/mol. The van der Waals surface area contributed by atoms with Gasteiger partial charge in [-0.25, -0.2) is 0 Å². The molecule has 0 atom stereocenters. The van der Waals surface area contributed by atoms with Gasteiger partial charge in [-0.15, -0.1) is 0 Å². The summed E-state index contributed by atoms with van der Waals surface area (Å²) in [6.07, 6.45) is 3.84. The number of rotatable bonds is 8. The third-order valence-electron chi connectivity index (χ3n) is 3.12. The zero-order chi connectivity index (χ0) is 15.1. The lowest BCUT2D eigenvalue weighted by molar-refractivity contribution is 0.266. The first-order chi connectivity index (χ1) is 10.3. The number of hydrogen-bond donors (Lipinski definition) is 1. The van der Waals surface area contributed by atoms with Gasteiger partial charge in [0.1, 0.15) is 6.61 Å². The summed E-state index contributed by atoms with van der Waals surface area (Å²) < 4.78 is 13.6. The molecule has 0 saturated heterocycles. The van der Waals surface area contributed by atoms with Crippen LogP contribution in [0.2, 0.25) is 0 Å². The molecule has 0 amide bonds. The minimum absolute atomic E-state index is 0.487. The standard InChI is InChI=1S/C16H23N3O2/c1-4-19-11-13(9-18-19)12-21-16-14(10-17-3)7-6-8-15(16)20-5-2/h6-9,11,17H,4-5,10,12H2,1-3H3. The molecule has 0 bridgehead atoms.